The van der Waals surface area contributed by atoms with Crippen molar-refractivity contribution < 1.29 is 4.57 Å². The van der Waals surface area contributed by atoms with Gasteiger partial charge in [-0.1, -0.05) is 12.5 Å². The van der Waals surface area contributed by atoms with Crippen LogP contribution in [0.4, 0.5) is 0 Å². The zero-order valence-corrected chi connectivity index (χ0v) is 8.73. The quantitative estimate of drug-likeness (QED) is 0.656. The smallest absolute Gasteiger partial charge is 0.168 e. The van der Waals surface area contributed by atoms with Crippen LogP contribution in [0.1, 0.15) is 19.3 Å². The van der Waals surface area contributed by atoms with Crippen LogP contribution in [-0.2, 0) is 6.54 Å². The Morgan fingerprint density at radius 2 is 1.64 bits per heavy atom. The van der Waals surface area contributed by atoms with Crippen LogP contribution in [0, 0.1) is 0 Å². The van der Waals surface area contributed by atoms with Gasteiger partial charge in [-0.25, -0.2) is 4.57 Å². The Kier molecular flexibility index (Phi) is 3.52. The summed E-state index contributed by atoms with van der Waals surface area (Å²) in [6.45, 7) is 4.93. The minimum absolute atomic E-state index is 1.13. The highest BCUT2D eigenvalue weighted by Crippen LogP contribution is 2.07. The van der Waals surface area contributed by atoms with Gasteiger partial charge in [-0.15, -0.1) is 0 Å². The lowest BCUT2D eigenvalue weighted by Gasteiger charge is -2.24. The predicted octanol–water partition coefficient (Wildman–Crippen LogP) is 1.46. The normalized spacial score (nSPS) is 18.3. The van der Waals surface area contributed by atoms with E-state index in [0.29, 0.717) is 0 Å². The van der Waals surface area contributed by atoms with Crippen LogP contribution < -0.4 is 4.57 Å². The summed E-state index contributed by atoms with van der Waals surface area (Å²) in [5.74, 6) is 0. The van der Waals surface area contributed by atoms with Crippen LogP contribution in [-0.4, -0.2) is 24.5 Å². The molecule has 0 unspecified atom stereocenters. The second kappa shape index (κ2) is 5.11. The number of rotatable bonds is 3. The molecule has 2 rings (SSSR count). The molecule has 1 aliphatic heterocycles. The van der Waals surface area contributed by atoms with Gasteiger partial charge < -0.3 is 0 Å². The molecule has 0 saturated carbocycles. The fourth-order valence-electron chi connectivity index (χ4n) is 2.02. The minimum Gasteiger partial charge on any atom is -0.297 e. The SMILES string of the molecule is c1cc[n+](CCN2CCCCC2)cc1. The van der Waals surface area contributed by atoms with Crippen molar-refractivity contribution in [3.05, 3.63) is 30.6 Å². The van der Waals surface area contributed by atoms with Crippen molar-refractivity contribution in [1.82, 2.24) is 4.90 Å². The summed E-state index contributed by atoms with van der Waals surface area (Å²) in [4.78, 5) is 2.57. The number of nitrogens with zero attached hydrogens (tertiary/aromatic N) is 2. The lowest BCUT2D eigenvalue weighted by molar-refractivity contribution is -0.696. The maximum absolute atomic E-state index is 2.57. The molecule has 0 aliphatic carbocycles. The number of hydrogen-bond acceptors (Lipinski definition) is 1. The summed E-state index contributed by atoms with van der Waals surface area (Å²) < 4.78 is 2.26. The van der Waals surface area contributed by atoms with E-state index in [0.717, 1.165) is 6.54 Å². The highest BCUT2D eigenvalue weighted by atomic mass is 15.1. The summed E-state index contributed by atoms with van der Waals surface area (Å²) >= 11 is 0. The molecule has 1 fully saturated rings. The monoisotopic (exact) mass is 191 g/mol. The van der Waals surface area contributed by atoms with Gasteiger partial charge in [-0.2, -0.15) is 0 Å². The molecule has 0 amide bonds. The van der Waals surface area contributed by atoms with Crippen LogP contribution in [0.25, 0.3) is 0 Å². The first-order valence-corrected chi connectivity index (χ1v) is 5.61. The Balaban J connectivity index is 1.76. The molecule has 0 N–H and O–H groups in total. The molecule has 1 aliphatic rings. The van der Waals surface area contributed by atoms with Crippen LogP contribution in [0.15, 0.2) is 30.6 Å². The third-order valence-electron chi connectivity index (χ3n) is 2.90. The number of likely N-dealkylation sites (tertiary alicyclic amines) is 1. The van der Waals surface area contributed by atoms with Crippen LogP contribution in [0.2, 0.25) is 0 Å². The average molecular weight is 191 g/mol. The Labute approximate surface area is 86.2 Å². The Bertz CT molecular complexity index is 252. The van der Waals surface area contributed by atoms with Crippen molar-refractivity contribution in [2.45, 2.75) is 25.8 Å². The van der Waals surface area contributed by atoms with E-state index >= 15 is 0 Å². The van der Waals surface area contributed by atoms with Crippen molar-refractivity contribution in [1.29, 1.82) is 0 Å². The number of pyridine rings is 1. The third kappa shape index (κ3) is 2.81. The standard InChI is InChI=1S/C12H19N2/c1-3-7-13(8-4-1)11-12-14-9-5-2-6-10-14/h1,3-4,7-8H,2,5-6,9-12H2/q+1. The zero-order chi connectivity index (χ0) is 9.64. The Morgan fingerprint density at radius 1 is 0.929 bits per heavy atom. The summed E-state index contributed by atoms with van der Waals surface area (Å²) in [5.41, 5.74) is 0. The first-order valence-electron chi connectivity index (χ1n) is 5.61. The molecule has 0 aromatic carbocycles. The first kappa shape index (κ1) is 9.66. The van der Waals surface area contributed by atoms with E-state index in [1.165, 1.54) is 38.9 Å². The van der Waals surface area contributed by atoms with Gasteiger partial charge in [0.25, 0.3) is 0 Å². The van der Waals surface area contributed by atoms with Gasteiger partial charge >= 0.3 is 0 Å². The Morgan fingerprint density at radius 3 is 2.36 bits per heavy atom. The largest absolute Gasteiger partial charge is 0.297 e. The van der Waals surface area contributed by atoms with Crippen molar-refractivity contribution in [3.63, 3.8) is 0 Å². The molecule has 0 atom stereocenters. The molecule has 76 valence electrons. The van der Waals surface area contributed by atoms with Crippen molar-refractivity contribution in [2.24, 2.45) is 0 Å². The summed E-state index contributed by atoms with van der Waals surface area (Å²) in [5, 5.41) is 0. The molecule has 2 heterocycles. The van der Waals surface area contributed by atoms with Gasteiger partial charge in [0.2, 0.25) is 0 Å². The number of hydrogen-bond donors (Lipinski definition) is 0. The maximum atomic E-state index is 2.57. The second-order valence-electron chi connectivity index (χ2n) is 4.02. The fraction of sp³-hybridized carbons (Fsp3) is 0.583. The minimum atomic E-state index is 1.13. The van der Waals surface area contributed by atoms with Gasteiger partial charge in [0, 0.05) is 12.1 Å². The molecule has 1 saturated heterocycles. The summed E-state index contributed by atoms with van der Waals surface area (Å²) in [7, 11) is 0. The molecule has 0 spiro atoms. The van der Waals surface area contributed by atoms with E-state index in [2.05, 4.69) is 40.1 Å². The van der Waals surface area contributed by atoms with Crippen LogP contribution in [0.3, 0.4) is 0 Å². The first-order chi connectivity index (χ1) is 6.95. The molecule has 2 heteroatoms. The van der Waals surface area contributed by atoms with Crippen molar-refractivity contribution in [2.75, 3.05) is 19.6 Å². The van der Waals surface area contributed by atoms with E-state index in [4.69, 9.17) is 0 Å². The molecular formula is C12H19N2+. The van der Waals surface area contributed by atoms with E-state index in [1.54, 1.807) is 0 Å². The molecule has 1 aromatic heterocycles. The summed E-state index contributed by atoms with van der Waals surface area (Å²) in [6.07, 6.45) is 8.49. The molecule has 14 heavy (non-hydrogen) atoms. The lowest BCUT2D eigenvalue weighted by Crippen LogP contribution is -2.41. The van der Waals surface area contributed by atoms with E-state index in [9.17, 15) is 0 Å². The van der Waals surface area contributed by atoms with Crippen LogP contribution in [0.5, 0.6) is 0 Å². The zero-order valence-electron chi connectivity index (χ0n) is 8.73. The van der Waals surface area contributed by atoms with E-state index in [-0.39, 0.29) is 0 Å². The maximum Gasteiger partial charge on any atom is 0.168 e. The molecule has 0 radical (unpaired) electrons. The number of piperidine rings is 1. The lowest BCUT2D eigenvalue weighted by atomic mass is 10.1. The highest BCUT2D eigenvalue weighted by Gasteiger charge is 2.10. The molecule has 2 nitrogen and oxygen atoms in total. The molecule has 0 bridgehead atoms. The van der Waals surface area contributed by atoms with Gasteiger partial charge in [0.05, 0.1) is 6.54 Å². The van der Waals surface area contributed by atoms with Gasteiger partial charge in [-0.3, -0.25) is 4.90 Å². The fourth-order valence-corrected chi connectivity index (χ4v) is 2.02. The van der Waals surface area contributed by atoms with Crippen molar-refractivity contribution >= 4 is 0 Å². The Hall–Kier alpha value is -0.890. The molecule has 1 aromatic rings. The van der Waals surface area contributed by atoms with E-state index in [1.807, 2.05) is 0 Å². The summed E-state index contributed by atoms with van der Waals surface area (Å²) in [6, 6.07) is 6.25. The van der Waals surface area contributed by atoms with Gasteiger partial charge in [0.1, 0.15) is 0 Å². The van der Waals surface area contributed by atoms with Gasteiger partial charge in [0.15, 0.2) is 18.9 Å². The average Bonchev–Trinajstić information content (AvgIpc) is 2.29. The topological polar surface area (TPSA) is 7.12 Å². The highest BCUT2D eigenvalue weighted by molar-refractivity contribution is 4.83. The van der Waals surface area contributed by atoms with Crippen molar-refractivity contribution in [3.8, 4) is 0 Å². The third-order valence-corrected chi connectivity index (χ3v) is 2.90. The molecular weight excluding hydrogens is 172 g/mol. The second-order valence-corrected chi connectivity index (χ2v) is 4.02. The predicted molar refractivity (Wildman–Crippen MR) is 56.9 cm³/mol. The van der Waals surface area contributed by atoms with Gasteiger partial charge in [-0.05, 0) is 25.9 Å². The van der Waals surface area contributed by atoms with E-state index < -0.39 is 0 Å². The van der Waals surface area contributed by atoms with Crippen LogP contribution >= 0.6 is 0 Å². The number of aromatic nitrogens is 1.